The molecule has 9 heteroatoms. The maximum atomic E-state index is 5.71. The van der Waals surface area contributed by atoms with Gasteiger partial charge < -0.3 is 37.6 Å². The van der Waals surface area contributed by atoms with Crippen LogP contribution in [-0.4, -0.2) is 107 Å². The van der Waals surface area contributed by atoms with Gasteiger partial charge >= 0.3 is 0 Å². The van der Waals surface area contributed by atoms with Crippen molar-refractivity contribution in [2.75, 3.05) is 99.1 Å². The van der Waals surface area contributed by atoms with E-state index in [1.165, 1.54) is 25.7 Å². The van der Waals surface area contributed by atoms with Crippen LogP contribution in [0.3, 0.4) is 0 Å². The first-order valence-corrected chi connectivity index (χ1v) is 16.1. The van der Waals surface area contributed by atoms with Gasteiger partial charge in [0.15, 0.2) is 8.32 Å². The molecule has 0 aromatic heterocycles. The molecule has 8 nitrogen and oxygen atoms in total. The number of ether oxygens (including phenoxy) is 7. The van der Waals surface area contributed by atoms with Gasteiger partial charge in [-0.05, 0) is 26.1 Å². The molecule has 0 spiro atoms. The second-order valence-electron chi connectivity index (χ2n) is 8.66. The van der Waals surface area contributed by atoms with E-state index in [1.807, 2.05) is 0 Å². The molecule has 0 aliphatic rings. The molecule has 0 bridgehead atoms. The van der Waals surface area contributed by atoms with E-state index in [4.69, 9.17) is 37.6 Å². The van der Waals surface area contributed by atoms with Crippen LogP contribution in [0.2, 0.25) is 19.6 Å². The Bertz CT molecular complexity index is 369. The lowest BCUT2D eigenvalue weighted by atomic mass is 10.2. The van der Waals surface area contributed by atoms with Gasteiger partial charge in [-0.1, -0.05) is 32.6 Å². The van der Waals surface area contributed by atoms with Gasteiger partial charge in [0, 0.05) is 6.61 Å². The first-order valence-electron chi connectivity index (χ1n) is 12.7. The van der Waals surface area contributed by atoms with E-state index in [0.717, 1.165) is 13.0 Å². The van der Waals surface area contributed by atoms with E-state index < -0.39 is 8.32 Å². The third-order valence-corrected chi connectivity index (χ3v) is 5.46. The molecule has 0 aliphatic carbocycles. The average molecular weight is 497 g/mol. The van der Waals surface area contributed by atoms with Crippen molar-refractivity contribution in [2.24, 2.45) is 0 Å². The summed E-state index contributed by atoms with van der Waals surface area (Å²) in [6.45, 7) is 17.8. The summed E-state index contributed by atoms with van der Waals surface area (Å²) in [5, 5.41) is 0. The maximum Gasteiger partial charge on any atom is 0.183 e. The lowest BCUT2D eigenvalue weighted by Gasteiger charge is -2.16. The second kappa shape index (κ2) is 26.5. The summed E-state index contributed by atoms with van der Waals surface area (Å²) in [5.74, 6) is 0. The molecule has 0 N–H and O–H groups in total. The van der Waals surface area contributed by atoms with Gasteiger partial charge in [0.05, 0.1) is 92.5 Å². The van der Waals surface area contributed by atoms with Crippen LogP contribution in [0.15, 0.2) is 0 Å². The molecule has 0 fully saturated rings. The number of hydrogen-bond donors (Lipinski definition) is 0. The third-order valence-electron chi connectivity index (χ3n) is 4.39. The average Bonchev–Trinajstić information content (AvgIpc) is 2.78. The minimum absolute atomic E-state index is 0.551. The monoisotopic (exact) mass is 496 g/mol. The highest BCUT2D eigenvalue weighted by Gasteiger charge is 2.12. The predicted molar refractivity (Wildman–Crippen MR) is 134 cm³/mol. The van der Waals surface area contributed by atoms with Crippen LogP contribution in [0.25, 0.3) is 0 Å². The van der Waals surface area contributed by atoms with Crippen LogP contribution in [0.4, 0.5) is 0 Å². The first-order chi connectivity index (χ1) is 16.1. The molecule has 0 heterocycles. The van der Waals surface area contributed by atoms with Gasteiger partial charge in [0.2, 0.25) is 0 Å². The molecule has 0 amide bonds. The van der Waals surface area contributed by atoms with Gasteiger partial charge in [-0.3, -0.25) is 0 Å². The van der Waals surface area contributed by atoms with Gasteiger partial charge in [-0.15, -0.1) is 0 Å². The summed E-state index contributed by atoms with van der Waals surface area (Å²) in [7, 11) is -1.43. The summed E-state index contributed by atoms with van der Waals surface area (Å²) in [6, 6.07) is 0. The van der Waals surface area contributed by atoms with E-state index in [0.29, 0.717) is 92.5 Å². The quantitative estimate of drug-likeness (QED) is 0.119. The summed E-state index contributed by atoms with van der Waals surface area (Å²) in [6.07, 6.45) is 6.32. The Kier molecular flexibility index (Phi) is 26.4. The SMILES string of the molecule is CCCCCCCOCCOCCOCCOCCOCCOCCOCCO[Si](C)(C)C. The van der Waals surface area contributed by atoms with Crippen molar-refractivity contribution >= 4 is 8.32 Å². The largest absolute Gasteiger partial charge is 0.415 e. The highest BCUT2D eigenvalue weighted by molar-refractivity contribution is 6.69. The Morgan fingerprint density at radius 3 is 1.00 bits per heavy atom. The minimum Gasteiger partial charge on any atom is -0.415 e. The first kappa shape index (κ1) is 32.9. The maximum absolute atomic E-state index is 5.71. The van der Waals surface area contributed by atoms with Crippen LogP contribution in [0.1, 0.15) is 39.0 Å². The standard InChI is InChI=1S/C24H52O8Si/c1-5-6-7-8-9-10-25-11-12-26-13-14-27-15-16-28-17-18-29-19-20-30-21-22-31-23-24-32-33(2,3)4/h5-24H2,1-4H3. The number of hydrogen-bond acceptors (Lipinski definition) is 8. The zero-order chi connectivity index (χ0) is 24.3. The number of rotatable bonds is 28. The highest BCUT2D eigenvalue weighted by atomic mass is 28.4. The van der Waals surface area contributed by atoms with E-state index in [2.05, 4.69) is 26.6 Å². The van der Waals surface area contributed by atoms with Crippen molar-refractivity contribution in [3.05, 3.63) is 0 Å². The normalized spacial score (nSPS) is 12.0. The molecule has 33 heavy (non-hydrogen) atoms. The topological polar surface area (TPSA) is 73.8 Å². The van der Waals surface area contributed by atoms with Crippen LogP contribution in [0.5, 0.6) is 0 Å². The number of unbranched alkanes of at least 4 members (excludes halogenated alkanes) is 4. The fraction of sp³-hybridized carbons (Fsp3) is 1.00. The summed E-state index contributed by atoms with van der Waals surface area (Å²) >= 11 is 0. The summed E-state index contributed by atoms with van der Waals surface area (Å²) in [5.41, 5.74) is 0. The van der Waals surface area contributed by atoms with Crippen molar-refractivity contribution in [1.82, 2.24) is 0 Å². The zero-order valence-corrected chi connectivity index (χ0v) is 22.9. The van der Waals surface area contributed by atoms with Gasteiger partial charge in [-0.25, -0.2) is 0 Å². The van der Waals surface area contributed by atoms with Crippen molar-refractivity contribution in [1.29, 1.82) is 0 Å². The lowest BCUT2D eigenvalue weighted by molar-refractivity contribution is -0.0213. The molecule has 0 rings (SSSR count). The molecular weight excluding hydrogens is 444 g/mol. The fourth-order valence-corrected chi connectivity index (χ4v) is 3.33. The molecule has 0 radical (unpaired) electrons. The van der Waals surface area contributed by atoms with Crippen molar-refractivity contribution in [3.8, 4) is 0 Å². The second-order valence-corrected chi connectivity index (χ2v) is 13.2. The van der Waals surface area contributed by atoms with Crippen LogP contribution >= 0.6 is 0 Å². The molecule has 0 aliphatic heterocycles. The van der Waals surface area contributed by atoms with Crippen LogP contribution in [0, 0.1) is 0 Å². The Hall–Kier alpha value is -0.103. The predicted octanol–water partition coefficient (Wildman–Crippen LogP) is 3.92. The molecule has 0 atom stereocenters. The molecule has 0 aromatic carbocycles. The molecule has 0 saturated carbocycles. The minimum atomic E-state index is -1.43. The van der Waals surface area contributed by atoms with E-state index in [1.54, 1.807) is 0 Å². The fourth-order valence-electron chi connectivity index (χ4n) is 2.64. The Balaban J connectivity index is 3.03. The van der Waals surface area contributed by atoms with Crippen LogP contribution < -0.4 is 0 Å². The Morgan fingerprint density at radius 2 is 0.667 bits per heavy atom. The van der Waals surface area contributed by atoms with Crippen molar-refractivity contribution in [2.45, 2.75) is 58.7 Å². The van der Waals surface area contributed by atoms with Crippen molar-refractivity contribution < 1.29 is 37.6 Å². The Labute approximate surface area is 204 Å². The lowest BCUT2D eigenvalue weighted by Crippen LogP contribution is -2.27. The molecule has 200 valence electrons. The third kappa shape index (κ3) is 31.9. The Morgan fingerprint density at radius 1 is 0.364 bits per heavy atom. The van der Waals surface area contributed by atoms with Gasteiger partial charge in [-0.2, -0.15) is 0 Å². The zero-order valence-electron chi connectivity index (χ0n) is 21.9. The van der Waals surface area contributed by atoms with Crippen LogP contribution in [-0.2, 0) is 37.6 Å². The summed E-state index contributed by atoms with van der Waals surface area (Å²) < 4.78 is 44.1. The summed E-state index contributed by atoms with van der Waals surface area (Å²) in [4.78, 5) is 0. The van der Waals surface area contributed by atoms with E-state index in [-0.39, 0.29) is 0 Å². The van der Waals surface area contributed by atoms with E-state index >= 15 is 0 Å². The highest BCUT2D eigenvalue weighted by Crippen LogP contribution is 2.02. The van der Waals surface area contributed by atoms with Crippen molar-refractivity contribution in [3.63, 3.8) is 0 Å². The molecule has 0 aromatic rings. The molecule has 0 unspecified atom stereocenters. The van der Waals surface area contributed by atoms with Gasteiger partial charge in [0.25, 0.3) is 0 Å². The smallest absolute Gasteiger partial charge is 0.183 e. The van der Waals surface area contributed by atoms with Gasteiger partial charge in [0.1, 0.15) is 0 Å². The molecular formula is C24H52O8Si. The molecule has 0 saturated heterocycles. The van der Waals surface area contributed by atoms with E-state index in [9.17, 15) is 0 Å².